The maximum atomic E-state index is 12.5. The van der Waals surface area contributed by atoms with Gasteiger partial charge in [0, 0.05) is 16.9 Å². The minimum absolute atomic E-state index is 0.0162. The molecular weight excluding hydrogens is 420 g/mol. The van der Waals surface area contributed by atoms with E-state index in [0.717, 1.165) is 42.6 Å². The molecule has 2 aromatic carbocycles. The van der Waals surface area contributed by atoms with Gasteiger partial charge in [0.05, 0.1) is 30.3 Å². The zero-order chi connectivity index (χ0) is 22.3. The molecule has 2 N–H and O–H groups in total. The fraction of sp³-hybridized carbons (Fsp3) is 0.320. The number of benzene rings is 2. The van der Waals surface area contributed by atoms with Crippen LogP contribution in [0.1, 0.15) is 41.3 Å². The lowest BCUT2D eigenvalue weighted by atomic mass is 9.93. The first kappa shape index (κ1) is 22.1. The molecule has 0 saturated heterocycles. The largest absolute Gasteiger partial charge is 0.348 e. The number of amides is 2. The molecule has 3 aromatic rings. The van der Waals surface area contributed by atoms with Crippen molar-refractivity contribution in [3.8, 4) is 0 Å². The second-order valence-corrected chi connectivity index (χ2v) is 9.10. The van der Waals surface area contributed by atoms with E-state index >= 15 is 0 Å². The molecule has 0 radical (unpaired) electrons. The van der Waals surface area contributed by atoms with Crippen molar-refractivity contribution in [1.29, 1.82) is 0 Å². The fourth-order valence-corrected chi connectivity index (χ4v) is 4.68. The van der Waals surface area contributed by atoms with E-state index in [0.29, 0.717) is 0 Å². The highest BCUT2D eigenvalue weighted by atomic mass is 32.2. The Morgan fingerprint density at radius 1 is 1.09 bits per heavy atom. The molecule has 0 bridgehead atoms. The van der Waals surface area contributed by atoms with Crippen molar-refractivity contribution in [2.24, 2.45) is 0 Å². The number of aryl methyl sites for hydroxylation is 1. The zero-order valence-electron chi connectivity index (χ0n) is 18.2. The molecule has 1 aliphatic rings. The topological polar surface area (TPSA) is 76.0 Å². The summed E-state index contributed by atoms with van der Waals surface area (Å²) in [4.78, 5) is 24.6. The summed E-state index contributed by atoms with van der Waals surface area (Å²) in [6.45, 7) is 2.72. The predicted octanol–water partition coefficient (Wildman–Crippen LogP) is 4.11. The monoisotopic (exact) mass is 448 g/mol. The first-order valence-corrected chi connectivity index (χ1v) is 12.1. The summed E-state index contributed by atoms with van der Waals surface area (Å²) in [6, 6.07) is 17.9. The summed E-state index contributed by atoms with van der Waals surface area (Å²) in [5.74, 6) is 0.347. The number of carbonyl (C=O) groups is 2. The molecule has 32 heavy (non-hydrogen) atoms. The maximum Gasteiger partial charge on any atom is 0.234 e. The van der Waals surface area contributed by atoms with Crippen molar-refractivity contribution < 1.29 is 9.59 Å². The van der Waals surface area contributed by atoms with Gasteiger partial charge in [-0.1, -0.05) is 42.5 Å². The third-order valence-corrected chi connectivity index (χ3v) is 6.47. The van der Waals surface area contributed by atoms with Crippen molar-refractivity contribution in [2.45, 2.75) is 38.8 Å². The Morgan fingerprint density at radius 3 is 2.72 bits per heavy atom. The number of thioether (sulfide) groups is 1. The molecule has 0 fully saturated rings. The summed E-state index contributed by atoms with van der Waals surface area (Å²) in [5, 5.41) is 10.6. The van der Waals surface area contributed by atoms with Crippen LogP contribution in [0.25, 0.3) is 0 Å². The van der Waals surface area contributed by atoms with Gasteiger partial charge in [-0.3, -0.25) is 14.3 Å². The zero-order valence-corrected chi connectivity index (χ0v) is 19.0. The Hall–Kier alpha value is -3.06. The number of anilines is 1. The normalized spacial score (nSPS) is 15.1. The molecule has 1 aliphatic carbocycles. The van der Waals surface area contributed by atoms with E-state index in [4.69, 9.17) is 0 Å². The van der Waals surface area contributed by atoms with Crippen molar-refractivity contribution in [3.05, 3.63) is 83.2 Å². The van der Waals surface area contributed by atoms with Gasteiger partial charge in [0.1, 0.15) is 0 Å². The number of carbonyl (C=O) groups excluding carboxylic acids is 2. The summed E-state index contributed by atoms with van der Waals surface area (Å²) >= 11 is 1.32. The van der Waals surface area contributed by atoms with Crippen molar-refractivity contribution in [1.82, 2.24) is 15.1 Å². The van der Waals surface area contributed by atoms with Crippen LogP contribution < -0.4 is 10.6 Å². The Balaban J connectivity index is 1.27. The van der Waals surface area contributed by atoms with Crippen LogP contribution in [-0.2, 0) is 22.6 Å². The molecule has 0 saturated carbocycles. The molecule has 0 aliphatic heterocycles. The summed E-state index contributed by atoms with van der Waals surface area (Å²) in [6.07, 6.45) is 4.80. The lowest BCUT2D eigenvalue weighted by Crippen LogP contribution is -2.32. The average molecular weight is 449 g/mol. The molecule has 1 unspecified atom stereocenters. The van der Waals surface area contributed by atoms with Crippen LogP contribution in [0, 0.1) is 6.92 Å². The molecule has 1 aromatic heterocycles. The average Bonchev–Trinajstić information content (AvgIpc) is 3.18. The van der Waals surface area contributed by atoms with Gasteiger partial charge in [0.2, 0.25) is 11.8 Å². The molecule has 1 heterocycles. The van der Waals surface area contributed by atoms with E-state index in [-0.39, 0.29) is 29.4 Å². The van der Waals surface area contributed by atoms with E-state index in [9.17, 15) is 9.59 Å². The second-order valence-electron chi connectivity index (χ2n) is 8.11. The lowest BCUT2D eigenvalue weighted by molar-refractivity contribution is -0.119. The van der Waals surface area contributed by atoms with E-state index < -0.39 is 0 Å². The van der Waals surface area contributed by atoms with Gasteiger partial charge in [0.25, 0.3) is 0 Å². The van der Waals surface area contributed by atoms with Gasteiger partial charge in [0.15, 0.2) is 0 Å². The molecule has 6 nitrogen and oxygen atoms in total. The molecular formula is C25H28N4O2S. The number of nitrogens with one attached hydrogen (secondary N) is 2. The fourth-order valence-electron chi connectivity index (χ4n) is 4.05. The van der Waals surface area contributed by atoms with Gasteiger partial charge in [-0.15, -0.1) is 11.8 Å². The molecule has 2 amide bonds. The minimum atomic E-state index is -0.101. The number of hydrogen-bond donors (Lipinski definition) is 2. The molecule has 0 spiro atoms. The standard InChI is InChI=1S/C25H28N4O2S/c1-18-7-5-10-20(13-18)27-24(30)16-32-17-25(31)28-22-11-6-12-23-21(22)14-26-29(23)15-19-8-3-2-4-9-19/h2-5,7-10,13-14,22H,6,11-12,15-17H2,1H3,(H,27,30)(H,28,31). The van der Waals surface area contributed by atoms with Crippen LogP contribution in [0.5, 0.6) is 0 Å². The van der Waals surface area contributed by atoms with E-state index in [1.807, 2.05) is 60.3 Å². The number of nitrogens with zero attached hydrogens (tertiary/aromatic N) is 2. The Bertz CT molecular complexity index is 1080. The summed E-state index contributed by atoms with van der Waals surface area (Å²) in [7, 11) is 0. The SMILES string of the molecule is Cc1cccc(NC(=O)CSCC(=O)NC2CCCc3c2cnn3Cc2ccccc2)c1. The first-order chi connectivity index (χ1) is 15.6. The smallest absolute Gasteiger partial charge is 0.234 e. The van der Waals surface area contributed by atoms with Crippen LogP contribution in [0.4, 0.5) is 5.69 Å². The van der Waals surface area contributed by atoms with E-state index in [1.54, 1.807) is 0 Å². The highest BCUT2D eigenvalue weighted by Crippen LogP contribution is 2.30. The Morgan fingerprint density at radius 2 is 1.91 bits per heavy atom. The third-order valence-electron chi connectivity index (χ3n) is 5.54. The first-order valence-electron chi connectivity index (χ1n) is 10.9. The Kier molecular flexibility index (Phi) is 7.27. The van der Waals surface area contributed by atoms with Gasteiger partial charge < -0.3 is 10.6 Å². The summed E-state index contributed by atoms with van der Waals surface area (Å²) < 4.78 is 2.05. The van der Waals surface area contributed by atoms with E-state index in [1.165, 1.54) is 23.0 Å². The number of fused-ring (bicyclic) bond motifs is 1. The van der Waals surface area contributed by atoms with Crippen LogP contribution >= 0.6 is 11.8 Å². The molecule has 166 valence electrons. The van der Waals surface area contributed by atoms with Crippen LogP contribution in [0.2, 0.25) is 0 Å². The van der Waals surface area contributed by atoms with Gasteiger partial charge >= 0.3 is 0 Å². The Labute approximate surface area is 192 Å². The van der Waals surface area contributed by atoms with Crippen LogP contribution in [0.3, 0.4) is 0 Å². The highest BCUT2D eigenvalue weighted by Gasteiger charge is 2.25. The highest BCUT2D eigenvalue weighted by molar-refractivity contribution is 8.00. The lowest BCUT2D eigenvalue weighted by Gasteiger charge is -2.24. The van der Waals surface area contributed by atoms with Gasteiger partial charge in [-0.05, 0) is 49.4 Å². The predicted molar refractivity (Wildman–Crippen MR) is 129 cm³/mol. The quantitative estimate of drug-likeness (QED) is 0.544. The second kappa shape index (κ2) is 10.5. The number of rotatable bonds is 8. The number of aromatic nitrogens is 2. The van der Waals surface area contributed by atoms with E-state index in [2.05, 4.69) is 27.9 Å². The molecule has 1 atom stereocenters. The summed E-state index contributed by atoms with van der Waals surface area (Å²) in [5.41, 5.74) is 5.40. The number of hydrogen-bond acceptors (Lipinski definition) is 4. The van der Waals surface area contributed by atoms with Crippen molar-refractivity contribution >= 4 is 29.3 Å². The van der Waals surface area contributed by atoms with Crippen LogP contribution in [-0.4, -0.2) is 33.1 Å². The van der Waals surface area contributed by atoms with Crippen LogP contribution in [0.15, 0.2) is 60.8 Å². The maximum absolute atomic E-state index is 12.5. The minimum Gasteiger partial charge on any atom is -0.348 e. The van der Waals surface area contributed by atoms with Gasteiger partial charge in [-0.25, -0.2) is 0 Å². The van der Waals surface area contributed by atoms with Crippen molar-refractivity contribution in [3.63, 3.8) is 0 Å². The molecule has 4 rings (SSSR count). The van der Waals surface area contributed by atoms with Gasteiger partial charge in [-0.2, -0.15) is 5.10 Å². The van der Waals surface area contributed by atoms with Crippen molar-refractivity contribution in [2.75, 3.05) is 16.8 Å². The third kappa shape index (κ3) is 5.79. The molecule has 7 heteroatoms.